The topological polar surface area (TPSA) is 39.5 Å². The molecule has 0 fully saturated rings. The number of aryl methyl sites for hydroxylation is 2. The van der Waals surface area contributed by atoms with Crippen LogP contribution in [0.5, 0.6) is 11.5 Å². The number of nitrogens with zero attached hydrogens (tertiary/aromatic N) is 3. The summed E-state index contributed by atoms with van der Waals surface area (Å²) in [7, 11) is 2.01. The minimum Gasteiger partial charge on any atom is -0.494 e. The maximum absolute atomic E-state index is 5.81. The van der Waals surface area contributed by atoms with Gasteiger partial charge in [0.25, 0.3) is 0 Å². The number of halogens is 1. The lowest BCUT2D eigenvalue weighted by molar-refractivity contribution is 0.249. The molecule has 0 bridgehead atoms. The summed E-state index contributed by atoms with van der Waals surface area (Å²) in [5, 5.41) is 0.719. The van der Waals surface area contributed by atoms with Crippen LogP contribution in [0.1, 0.15) is 53.3 Å². The molecule has 1 heterocycles. The summed E-state index contributed by atoms with van der Waals surface area (Å²) >= 11 is 5.79. The smallest absolute Gasteiger partial charge is 0.127 e. The fourth-order valence-corrected chi connectivity index (χ4v) is 3.85. The number of imidazole rings is 1. The Morgan fingerprint density at radius 1 is 0.932 bits per heavy atom. The Labute approximate surface area is 271 Å². The van der Waals surface area contributed by atoms with Crippen LogP contribution in [-0.2, 0) is 7.05 Å². The molecule has 0 saturated carbocycles. The van der Waals surface area contributed by atoms with Gasteiger partial charge in [-0.05, 0) is 102 Å². The van der Waals surface area contributed by atoms with Crippen molar-refractivity contribution in [2.45, 2.75) is 54.4 Å². The highest BCUT2D eigenvalue weighted by Gasteiger charge is 2.05. The fraction of sp³-hybridized carbons (Fsp3) is 0.342. The van der Waals surface area contributed by atoms with E-state index in [1.807, 2.05) is 112 Å². The van der Waals surface area contributed by atoms with Gasteiger partial charge in [0.15, 0.2) is 0 Å². The molecular formula is C38H52ClN3O2. The Morgan fingerprint density at radius 3 is 2.09 bits per heavy atom. The van der Waals surface area contributed by atoms with Gasteiger partial charge in [0, 0.05) is 36.8 Å². The molecule has 0 radical (unpaired) electrons. The van der Waals surface area contributed by atoms with Gasteiger partial charge >= 0.3 is 0 Å². The molecule has 44 heavy (non-hydrogen) atoms. The number of aromatic nitrogens is 2. The van der Waals surface area contributed by atoms with Crippen molar-refractivity contribution in [1.29, 1.82) is 0 Å². The lowest BCUT2D eigenvalue weighted by atomic mass is 10.1. The number of benzene rings is 2. The fourth-order valence-electron chi connectivity index (χ4n) is 3.73. The predicted octanol–water partition coefficient (Wildman–Crippen LogP) is 10.4. The van der Waals surface area contributed by atoms with E-state index in [-0.39, 0.29) is 0 Å². The number of allylic oxidation sites excluding steroid dienone is 8. The SMILES string of the molecule is C/C=C/C.C=CC.CCN(CC)CCCOc1ccc(-c2cn(C)c(C)n2)cc1.Clc1ccc(OC2=CC=CC=CC2)cc1. The summed E-state index contributed by atoms with van der Waals surface area (Å²) in [6.45, 7) is 19.7. The summed E-state index contributed by atoms with van der Waals surface area (Å²) in [4.78, 5) is 6.95. The Bertz CT molecular complexity index is 1280. The van der Waals surface area contributed by atoms with Crippen LogP contribution in [0.25, 0.3) is 11.3 Å². The van der Waals surface area contributed by atoms with Crippen molar-refractivity contribution in [2.75, 3.05) is 26.2 Å². The largest absolute Gasteiger partial charge is 0.494 e. The first kappa shape index (κ1) is 38.2. The summed E-state index contributed by atoms with van der Waals surface area (Å²) in [6.07, 6.45) is 19.7. The summed E-state index contributed by atoms with van der Waals surface area (Å²) < 4.78 is 13.5. The van der Waals surface area contributed by atoms with Crippen molar-refractivity contribution in [3.63, 3.8) is 0 Å². The van der Waals surface area contributed by atoms with Crippen LogP contribution in [0.2, 0.25) is 5.02 Å². The quantitative estimate of drug-likeness (QED) is 0.168. The summed E-state index contributed by atoms with van der Waals surface area (Å²) in [5.74, 6) is 3.69. The standard InChI is InChI=1S/C18H27N3O.C13H11ClO.C4H8.C3H6/c1-5-21(6-2)12-7-13-22-17-10-8-16(9-11-17)18-14-20(4)15(3)19-18;14-11-7-9-13(10-8-11)15-12-5-3-1-2-4-6-12;1-3-4-2;1-3-2/h8-11,14H,5-7,12-13H2,1-4H3;1-5,7-10H,6H2;3-4H,1-2H3;3H,1H2,2H3/b;;4-3+;. The van der Waals surface area contributed by atoms with Crippen molar-refractivity contribution in [2.24, 2.45) is 7.05 Å². The third kappa shape index (κ3) is 16.2. The molecular weight excluding hydrogens is 566 g/mol. The molecule has 6 heteroatoms. The number of ether oxygens (including phenoxy) is 2. The minimum atomic E-state index is 0.719. The van der Waals surface area contributed by atoms with Crippen LogP contribution >= 0.6 is 11.6 Å². The second-order valence-corrected chi connectivity index (χ2v) is 10.3. The average Bonchev–Trinajstić information content (AvgIpc) is 3.20. The molecule has 5 nitrogen and oxygen atoms in total. The van der Waals surface area contributed by atoms with E-state index in [1.165, 1.54) is 0 Å². The van der Waals surface area contributed by atoms with E-state index in [4.69, 9.17) is 21.1 Å². The van der Waals surface area contributed by atoms with Crippen molar-refractivity contribution in [1.82, 2.24) is 14.5 Å². The van der Waals surface area contributed by atoms with Crippen LogP contribution in [0.4, 0.5) is 0 Å². The third-order valence-corrected chi connectivity index (χ3v) is 6.65. The van der Waals surface area contributed by atoms with Gasteiger partial charge in [-0.25, -0.2) is 4.98 Å². The van der Waals surface area contributed by atoms with Gasteiger partial charge in [0.2, 0.25) is 0 Å². The number of rotatable bonds is 10. The molecule has 3 aromatic rings. The molecule has 0 spiro atoms. The summed E-state index contributed by atoms with van der Waals surface area (Å²) in [5.41, 5.74) is 2.13. The van der Waals surface area contributed by atoms with Crippen molar-refractivity contribution < 1.29 is 9.47 Å². The van der Waals surface area contributed by atoms with Gasteiger partial charge in [-0.1, -0.05) is 68.0 Å². The van der Waals surface area contributed by atoms with Crippen LogP contribution < -0.4 is 9.47 Å². The van der Waals surface area contributed by atoms with Crippen LogP contribution in [-0.4, -0.2) is 40.7 Å². The molecule has 2 aromatic carbocycles. The van der Waals surface area contributed by atoms with E-state index in [1.54, 1.807) is 6.08 Å². The van der Waals surface area contributed by atoms with Crippen molar-refractivity contribution in [3.8, 4) is 22.8 Å². The molecule has 0 N–H and O–H groups in total. The second-order valence-electron chi connectivity index (χ2n) is 9.82. The van der Waals surface area contributed by atoms with Crippen molar-refractivity contribution >= 4 is 11.6 Å². The second kappa shape index (κ2) is 23.6. The zero-order valence-electron chi connectivity index (χ0n) is 27.8. The van der Waals surface area contributed by atoms with Gasteiger partial charge < -0.3 is 18.9 Å². The van der Waals surface area contributed by atoms with Gasteiger partial charge in [0.1, 0.15) is 23.1 Å². The Kier molecular flexibility index (Phi) is 20.5. The van der Waals surface area contributed by atoms with E-state index in [0.29, 0.717) is 0 Å². The zero-order chi connectivity index (χ0) is 32.6. The number of hydrogen-bond acceptors (Lipinski definition) is 4. The van der Waals surface area contributed by atoms with Crippen molar-refractivity contribution in [3.05, 3.63) is 127 Å². The minimum absolute atomic E-state index is 0.719. The monoisotopic (exact) mass is 617 g/mol. The maximum atomic E-state index is 5.81. The molecule has 0 saturated heterocycles. The van der Waals surface area contributed by atoms with Crippen LogP contribution in [0.15, 0.2) is 116 Å². The molecule has 4 rings (SSSR count). The van der Waals surface area contributed by atoms with Gasteiger partial charge in [0.05, 0.1) is 12.3 Å². The normalized spacial score (nSPS) is 11.7. The molecule has 0 amide bonds. The zero-order valence-corrected chi connectivity index (χ0v) is 28.6. The molecule has 0 aliphatic heterocycles. The Morgan fingerprint density at radius 2 is 1.55 bits per heavy atom. The third-order valence-electron chi connectivity index (χ3n) is 6.40. The average molecular weight is 618 g/mol. The molecule has 0 unspecified atom stereocenters. The highest BCUT2D eigenvalue weighted by Crippen LogP contribution is 2.22. The van der Waals surface area contributed by atoms with Crippen LogP contribution in [0, 0.1) is 6.92 Å². The Balaban J connectivity index is 0.000000379. The summed E-state index contributed by atoms with van der Waals surface area (Å²) in [6, 6.07) is 15.6. The van der Waals surface area contributed by atoms with Gasteiger partial charge in [-0.2, -0.15) is 0 Å². The molecule has 238 valence electrons. The highest BCUT2D eigenvalue weighted by atomic mass is 35.5. The number of hydrogen-bond donors (Lipinski definition) is 0. The van der Waals surface area contributed by atoms with E-state index >= 15 is 0 Å². The van der Waals surface area contributed by atoms with E-state index in [9.17, 15) is 0 Å². The van der Waals surface area contributed by atoms with Crippen LogP contribution in [0.3, 0.4) is 0 Å². The maximum Gasteiger partial charge on any atom is 0.127 e. The predicted molar refractivity (Wildman–Crippen MR) is 191 cm³/mol. The molecule has 1 aromatic heterocycles. The van der Waals surface area contributed by atoms with Gasteiger partial charge in [-0.15, -0.1) is 6.58 Å². The lowest BCUT2D eigenvalue weighted by Crippen LogP contribution is -2.25. The lowest BCUT2D eigenvalue weighted by Gasteiger charge is -2.17. The van der Waals surface area contributed by atoms with E-state index < -0.39 is 0 Å². The first-order chi connectivity index (χ1) is 21.3. The highest BCUT2D eigenvalue weighted by molar-refractivity contribution is 6.30. The van der Waals surface area contributed by atoms with Gasteiger partial charge in [-0.3, -0.25) is 0 Å². The first-order valence-electron chi connectivity index (χ1n) is 15.4. The molecule has 1 aliphatic rings. The molecule has 1 aliphatic carbocycles. The Hall–Kier alpha value is -3.80. The van der Waals surface area contributed by atoms with E-state index in [2.05, 4.69) is 54.7 Å². The van der Waals surface area contributed by atoms with E-state index in [0.717, 1.165) is 78.4 Å². The first-order valence-corrected chi connectivity index (χ1v) is 15.7. The molecule has 0 atom stereocenters.